The molecule has 1 saturated heterocycles. The zero-order chi connectivity index (χ0) is 26.3. The summed E-state index contributed by atoms with van der Waals surface area (Å²) in [4.78, 5) is 48.3. The predicted molar refractivity (Wildman–Crippen MR) is 124 cm³/mol. The molecule has 1 fully saturated rings. The third-order valence-corrected chi connectivity index (χ3v) is 5.82. The fourth-order valence-electron chi connectivity index (χ4n) is 4.25. The number of carbonyl (C=O) groups excluding carboxylic acids is 2. The van der Waals surface area contributed by atoms with Crippen molar-refractivity contribution in [3.8, 4) is 0 Å². The number of aliphatic carboxylic acids is 1. The first kappa shape index (κ1) is 26.4. The molecule has 3 rings (SSSR count). The lowest BCUT2D eigenvalue weighted by Gasteiger charge is -2.46. The van der Waals surface area contributed by atoms with Crippen LogP contribution in [0.15, 0.2) is 12.1 Å². The Morgan fingerprint density at radius 2 is 1.91 bits per heavy atom. The topological polar surface area (TPSA) is 116 Å². The van der Waals surface area contributed by atoms with Crippen LogP contribution in [-0.2, 0) is 9.53 Å². The third kappa shape index (κ3) is 5.88. The number of likely N-dealkylation sites (tertiary alicyclic amines) is 1. The minimum atomic E-state index is -1.32. The molecule has 2 N–H and O–H groups in total. The maximum absolute atomic E-state index is 13.7. The minimum absolute atomic E-state index is 0.00575. The molecule has 0 radical (unpaired) electrons. The number of benzene rings is 1. The maximum atomic E-state index is 13.7. The number of fused-ring (bicyclic) bond motifs is 1. The largest absolute Gasteiger partial charge is 0.481 e. The van der Waals surface area contributed by atoms with Crippen molar-refractivity contribution in [1.82, 2.24) is 19.8 Å². The second-order valence-electron chi connectivity index (χ2n) is 10.8. The fourth-order valence-corrected chi connectivity index (χ4v) is 4.25. The van der Waals surface area contributed by atoms with Gasteiger partial charge < -0.3 is 24.6 Å². The van der Waals surface area contributed by atoms with E-state index in [9.17, 15) is 28.3 Å². The molecule has 1 aromatic heterocycles. The van der Waals surface area contributed by atoms with E-state index in [-0.39, 0.29) is 48.8 Å². The molecule has 0 aliphatic carbocycles. The first-order chi connectivity index (χ1) is 16.1. The standard InChI is InChI=1S/C24H32F2N4O5/c1-13(2)10-30(20(31)19-27-17-7-15(25)16(26)8-18(17)28-19)14-9-24(6,21(32)33)12-29(11-14)22(34)35-23(3,4)5/h7-8,13-14H,9-12H2,1-6H3,(H,27,28)(H,32,33)/t14-,24+/m0/s1. The summed E-state index contributed by atoms with van der Waals surface area (Å²) in [5, 5.41) is 9.94. The van der Waals surface area contributed by atoms with Crippen molar-refractivity contribution in [2.24, 2.45) is 11.3 Å². The number of H-pyrrole nitrogens is 1. The summed E-state index contributed by atoms with van der Waals surface area (Å²) >= 11 is 0. The Hall–Kier alpha value is -3.24. The second-order valence-corrected chi connectivity index (χ2v) is 10.8. The summed E-state index contributed by atoms with van der Waals surface area (Å²) in [6.07, 6.45) is -0.565. The number of rotatable bonds is 5. The Morgan fingerprint density at radius 3 is 2.49 bits per heavy atom. The predicted octanol–water partition coefficient (Wildman–Crippen LogP) is 4.04. The van der Waals surface area contributed by atoms with E-state index in [4.69, 9.17) is 4.74 Å². The van der Waals surface area contributed by atoms with Crippen LogP contribution in [0, 0.1) is 23.0 Å². The molecule has 0 spiro atoms. The number of hydrogen-bond acceptors (Lipinski definition) is 5. The van der Waals surface area contributed by atoms with Crippen molar-refractivity contribution >= 4 is 29.0 Å². The summed E-state index contributed by atoms with van der Waals surface area (Å²) in [6, 6.07) is 1.17. The molecule has 0 saturated carbocycles. The highest BCUT2D eigenvalue weighted by Crippen LogP contribution is 2.34. The van der Waals surface area contributed by atoms with Gasteiger partial charge in [0.25, 0.3) is 5.91 Å². The second kappa shape index (κ2) is 9.43. The molecule has 9 nitrogen and oxygen atoms in total. The van der Waals surface area contributed by atoms with Gasteiger partial charge in [-0.25, -0.2) is 18.6 Å². The number of halogens is 2. The highest BCUT2D eigenvalue weighted by molar-refractivity contribution is 5.94. The number of nitrogens with zero attached hydrogens (tertiary/aromatic N) is 3. The van der Waals surface area contributed by atoms with Gasteiger partial charge in [-0.3, -0.25) is 9.59 Å². The normalized spacial score (nSPS) is 20.8. The van der Waals surface area contributed by atoms with E-state index >= 15 is 0 Å². The number of ether oxygens (including phenoxy) is 1. The number of aromatic amines is 1. The number of carboxylic acid groups (broad SMARTS) is 1. The van der Waals surface area contributed by atoms with Gasteiger partial charge in [0.1, 0.15) is 5.60 Å². The van der Waals surface area contributed by atoms with E-state index in [1.54, 1.807) is 20.8 Å². The Bertz CT molecular complexity index is 1100. The molecule has 2 heterocycles. The lowest BCUT2D eigenvalue weighted by Crippen LogP contribution is -2.60. The van der Waals surface area contributed by atoms with Gasteiger partial charge in [0.05, 0.1) is 22.5 Å². The van der Waals surface area contributed by atoms with Crippen molar-refractivity contribution < 1.29 is 33.0 Å². The van der Waals surface area contributed by atoms with Gasteiger partial charge in [-0.15, -0.1) is 0 Å². The van der Waals surface area contributed by atoms with Gasteiger partial charge in [-0.05, 0) is 40.0 Å². The van der Waals surface area contributed by atoms with E-state index in [0.717, 1.165) is 12.1 Å². The zero-order valence-electron chi connectivity index (χ0n) is 20.8. The van der Waals surface area contributed by atoms with E-state index in [1.165, 1.54) is 16.7 Å². The van der Waals surface area contributed by atoms with Crippen LogP contribution < -0.4 is 0 Å². The highest BCUT2D eigenvalue weighted by Gasteiger charge is 2.47. The van der Waals surface area contributed by atoms with Crippen molar-refractivity contribution in [3.05, 3.63) is 29.6 Å². The first-order valence-electron chi connectivity index (χ1n) is 11.5. The Kier molecular flexibility index (Phi) is 7.10. The molecule has 192 valence electrons. The number of imidazole rings is 1. The molecule has 2 amide bonds. The van der Waals surface area contributed by atoms with Crippen LogP contribution in [0.1, 0.15) is 58.6 Å². The van der Waals surface area contributed by atoms with Crippen LogP contribution >= 0.6 is 0 Å². The van der Waals surface area contributed by atoms with Crippen molar-refractivity contribution in [2.75, 3.05) is 19.6 Å². The smallest absolute Gasteiger partial charge is 0.410 e. The van der Waals surface area contributed by atoms with Crippen molar-refractivity contribution in [1.29, 1.82) is 0 Å². The summed E-state index contributed by atoms with van der Waals surface area (Å²) in [7, 11) is 0. The SMILES string of the molecule is CC(C)CN(C(=O)c1nc2cc(F)c(F)cc2[nH]1)[C@@H]1CN(C(=O)OC(C)(C)C)C[C@](C)(C(=O)O)C1. The molecule has 2 aromatic rings. The van der Waals surface area contributed by atoms with Crippen LogP contribution in [0.2, 0.25) is 0 Å². The number of nitrogens with one attached hydrogen (secondary N) is 1. The van der Waals surface area contributed by atoms with E-state index in [1.807, 2.05) is 13.8 Å². The zero-order valence-corrected chi connectivity index (χ0v) is 20.8. The van der Waals surface area contributed by atoms with Gasteiger partial charge in [0.15, 0.2) is 17.5 Å². The Labute approximate surface area is 202 Å². The number of aromatic nitrogens is 2. The third-order valence-electron chi connectivity index (χ3n) is 5.82. The quantitative estimate of drug-likeness (QED) is 0.648. The van der Waals surface area contributed by atoms with Gasteiger partial charge in [0.2, 0.25) is 0 Å². The van der Waals surface area contributed by atoms with E-state index in [2.05, 4.69) is 9.97 Å². The van der Waals surface area contributed by atoms with E-state index in [0.29, 0.717) is 0 Å². The number of piperidine rings is 1. The van der Waals surface area contributed by atoms with Crippen molar-refractivity contribution in [3.63, 3.8) is 0 Å². The number of carboxylic acids is 1. The van der Waals surface area contributed by atoms with Crippen LogP contribution in [0.5, 0.6) is 0 Å². The first-order valence-corrected chi connectivity index (χ1v) is 11.5. The molecule has 2 atom stereocenters. The van der Waals surface area contributed by atoms with Crippen LogP contribution in [0.25, 0.3) is 11.0 Å². The fraction of sp³-hybridized carbons (Fsp3) is 0.583. The molecular weight excluding hydrogens is 462 g/mol. The molecule has 35 heavy (non-hydrogen) atoms. The average molecular weight is 495 g/mol. The van der Waals surface area contributed by atoms with Gasteiger partial charge in [-0.1, -0.05) is 13.8 Å². The van der Waals surface area contributed by atoms with E-state index < -0.39 is 46.7 Å². The highest BCUT2D eigenvalue weighted by atomic mass is 19.2. The van der Waals surface area contributed by atoms with Gasteiger partial charge in [0, 0.05) is 31.8 Å². The molecule has 0 bridgehead atoms. The Morgan fingerprint density at radius 1 is 1.29 bits per heavy atom. The number of hydrogen-bond donors (Lipinski definition) is 2. The lowest BCUT2D eigenvalue weighted by atomic mass is 9.79. The molecule has 11 heteroatoms. The average Bonchev–Trinajstić information content (AvgIpc) is 3.12. The number of amides is 2. The molecule has 1 aromatic carbocycles. The summed E-state index contributed by atoms with van der Waals surface area (Å²) < 4.78 is 32.8. The van der Waals surface area contributed by atoms with Gasteiger partial charge in [-0.2, -0.15) is 0 Å². The molecule has 1 aliphatic heterocycles. The summed E-state index contributed by atoms with van der Waals surface area (Å²) in [6.45, 7) is 10.7. The van der Waals surface area contributed by atoms with Crippen LogP contribution in [0.3, 0.4) is 0 Å². The molecule has 1 aliphatic rings. The van der Waals surface area contributed by atoms with Crippen LogP contribution in [0.4, 0.5) is 13.6 Å². The Balaban J connectivity index is 1.98. The van der Waals surface area contributed by atoms with Gasteiger partial charge >= 0.3 is 12.1 Å². The van der Waals surface area contributed by atoms with Crippen LogP contribution in [-0.4, -0.2) is 74.1 Å². The monoisotopic (exact) mass is 494 g/mol. The maximum Gasteiger partial charge on any atom is 0.410 e. The lowest BCUT2D eigenvalue weighted by molar-refractivity contribution is -0.152. The summed E-state index contributed by atoms with van der Waals surface area (Å²) in [5.41, 5.74) is -1.86. The minimum Gasteiger partial charge on any atom is -0.481 e. The van der Waals surface area contributed by atoms with Crippen molar-refractivity contribution in [2.45, 2.75) is 59.6 Å². The molecule has 0 unspecified atom stereocenters. The summed E-state index contributed by atoms with van der Waals surface area (Å²) in [5.74, 6) is -3.93. The number of carbonyl (C=O) groups is 3. The molecular formula is C24H32F2N4O5.